The molecule has 1 aliphatic carbocycles. The van der Waals surface area contributed by atoms with Gasteiger partial charge >= 0.3 is 0 Å². The van der Waals surface area contributed by atoms with Crippen molar-refractivity contribution in [3.8, 4) is 0 Å². The highest BCUT2D eigenvalue weighted by Gasteiger charge is 2.27. The van der Waals surface area contributed by atoms with Crippen molar-refractivity contribution in [2.45, 2.75) is 25.7 Å². The topological polar surface area (TPSA) is 56.3 Å². The van der Waals surface area contributed by atoms with E-state index in [-0.39, 0.29) is 0 Å². The molecule has 5 nitrogen and oxygen atoms in total. The predicted molar refractivity (Wildman–Crippen MR) is 74.9 cm³/mol. The molecule has 1 aliphatic rings. The van der Waals surface area contributed by atoms with Gasteiger partial charge in [0, 0.05) is 25.1 Å². The molecule has 1 N–H and O–H groups in total. The molecular weight excluding hydrogens is 266 g/mol. The maximum absolute atomic E-state index is 6.13. The zero-order valence-corrected chi connectivity index (χ0v) is 12.2. The van der Waals surface area contributed by atoms with Gasteiger partial charge < -0.3 is 14.8 Å². The monoisotopic (exact) mass is 285 g/mol. The molecule has 0 atom stereocenters. The van der Waals surface area contributed by atoms with Crippen LogP contribution >= 0.6 is 11.6 Å². The van der Waals surface area contributed by atoms with E-state index in [4.69, 9.17) is 21.1 Å². The van der Waals surface area contributed by atoms with Crippen LogP contribution in [0, 0.1) is 6.92 Å². The van der Waals surface area contributed by atoms with Crippen LogP contribution in [-0.4, -0.2) is 43.4 Å². The van der Waals surface area contributed by atoms with Gasteiger partial charge in [0.2, 0.25) is 0 Å². The summed E-state index contributed by atoms with van der Waals surface area (Å²) in [6, 6.07) is 0. The number of nitrogens with one attached hydrogen (secondary N) is 1. The fourth-order valence-electron chi connectivity index (χ4n) is 1.69. The number of nitrogens with zero attached hydrogens (tertiary/aromatic N) is 2. The van der Waals surface area contributed by atoms with Gasteiger partial charge in [0.1, 0.15) is 16.8 Å². The van der Waals surface area contributed by atoms with Crippen molar-refractivity contribution in [2.75, 3.05) is 38.8 Å². The first-order valence-electron chi connectivity index (χ1n) is 6.57. The van der Waals surface area contributed by atoms with Crippen LogP contribution < -0.4 is 5.32 Å². The Morgan fingerprint density at radius 1 is 1.26 bits per heavy atom. The van der Waals surface area contributed by atoms with Crippen LogP contribution in [0.15, 0.2) is 0 Å². The van der Waals surface area contributed by atoms with E-state index in [1.54, 1.807) is 7.11 Å². The highest BCUT2D eigenvalue weighted by molar-refractivity contribution is 6.30. The molecular formula is C13H20ClN3O2. The van der Waals surface area contributed by atoms with Gasteiger partial charge in [0.15, 0.2) is 0 Å². The van der Waals surface area contributed by atoms with Gasteiger partial charge in [0.05, 0.1) is 19.8 Å². The van der Waals surface area contributed by atoms with Crippen LogP contribution in [-0.2, 0) is 9.47 Å². The lowest BCUT2D eigenvalue weighted by atomic mass is 10.3. The fraction of sp³-hybridized carbons (Fsp3) is 0.692. The minimum absolute atomic E-state index is 0.497. The van der Waals surface area contributed by atoms with Crippen molar-refractivity contribution in [3.63, 3.8) is 0 Å². The second-order valence-corrected chi connectivity index (χ2v) is 5.01. The maximum Gasteiger partial charge on any atom is 0.137 e. The summed E-state index contributed by atoms with van der Waals surface area (Å²) in [5, 5.41) is 3.79. The second-order valence-electron chi connectivity index (χ2n) is 4.65. The zero-order valence-electron chi connectivity index (χ0n) is 11.4. The number of rotatable bonds is 8. The number of halogens is 1. The highest BCUT2D eigenvalue weighted by atomic mass is 35.5. The van der Waals surface area contributed by atoms with Gasteiger partial charge in [0.25, 0.3) is 0 Å². The molecule has 1 aromatic heterocycles. The van der Waals surface area contributed by atoms with Gasteiger partial charge in [-0.2, -0.15) is 0 Å². The first-order chi connectivity index (χ1) is 9.22. The van der Waals surface area contributed by atoms with E-state index >= 15 is 0 Å². The van der Waals surface area contributed by atoms with Gasteiger partial charge in [-0.3, -0.25) is 0 Å². The molecule has 1 heterocycles. The first-order valence-corrected chi connectivity index (χ1v) is 6.94. The lowest BCUT2D eigenvalue weighted by Crippen LogP contribution is -2.14. The molecule has 0 saturated heterocycles. The van der Waals surface area contributed by atoms with Crippen molar-refractivity contribution in [1.82, 2.24) is 9.97 Å². The zero-order chi connectivity index (χ0) is 13.7. The maximum atomic E-state index is 6.13. The first kappa shape index (κ1) is 14.5. The van der Waals surface area contributed by atoms with Crippen LogP contribution in [0.3, 0.4) is 0 Å². The molecule has 1 saturated carbocycles. The largest absolute Gasteiger partial charge is 0.382 e. The van der Waals surface area contributed by atoms with Gasteiger partial charge in [-0.1, -0.05) is 11.6 Å². The summed E-state index contributed by atoms with van der Waals surface area (Å²) in [4.78, 5) is 8.87. The van der Waals surface area contributed by atoms with Crippen LogP contribution in [0.2, 0.25) is 5.15 Å². The molecule has 0 bridgehead atoms. The third-order valence-electron chi connectivity index (χ3n) is 3.02. The molecule has 19 heavy (non-hydrogen) atoms. The summed E-state index contributed by atoms with van der Waals surface area (Å²) in [6.45, 7) is 4.46. The van der Waals surface area contributed by atoms with Crippen molar-refractivity contribution in [2.24, 2.45) is 0 Å². The van der Waals surface area contributed by atoms with E-state index < -0.39 is 0 Å². The summed E-state index contributed by atoms with van der Waals surface area (Å²) < 4.78 is 10.3. The minimum Gasteiger partial charge on any atom is -0.382 e. The lowest BCUT2D eigenvalue weighted by Gasteiger charge is -2.11. The van der Waals surface area contributed by atoms with E-state index in [1.165, 1.54) is 12.8 Å². The van der Waals surface area contributed by atoms with E-state index in [2.05, 4.69) is 15.3 Å². The summed E-state index contributed by atoms with van der Waals surface area (Å²) in [5.74, 6) is 2.17. The Morgan fingerprint density at radius 2 is 2.05 bits per heavy atom. The molecule has 6 heteroatoms. The third kappa shape index (κ3) is 4.30. The molecule has 2 rings (SSSR count). The Balaban J connectivity index is 1.84. The number of hydrogen-bond donors (Lipinski definition) is 1. The van der Waals surface area contributed by atoms with E-state index in [0.29, 0.717) is 37.4 Å². The van der Waals surface area contributed by atoms with Crippen molar-refractivity contribution in [1.29, 1.82) is 0 Å². The minimum atomic E-state index is 0.497. The van der Waals surface area contributed by atoms with Gasteiger partial charge in [-0.25, -0.2) is 9.97 Å². The summed E-state index contributed by atoms with van der Waals surface area (Å²) >= 11 is 6.13. The fourth-order valence-corrected chi connectivity index (χ4v) is 1.86. The number of ether oxygens (including phenoxy) is 2. The Kier molecular flexibility index (Phi) is 5.36. The average Bonchev–Trinajstić information content (AvgIpc) is 3.22. The molecule has 0 radical (unpaired) electrons. The number of aromatic nitrogens is 2. The Morgan fingerprint density at radius 3 is 2.74 bits per heavy atom. The highest BCUT2D eigenvalue weighted by Crippen LogP contribution is 2.39. The SMILES string of the molecule is COCCOCCNc1nc(C2CC2)nc(Cl)c1C. The van der Waals surface area contributed by atoms with Crippen LogP contribution in [0.1, 0.15) is 30.1 Å². The van der Waals surface area contributed by atoms with Crippen LogP contribution in [0.25, 0.3) is 0 Å². The summed E-state index contributed by atoms with van der Waals surface area (Å²) in [6.07, 6.45) is 2.33. The number of methoxy groups -OCH3 is 1. The standard InChI is InChI=1S/C13H20ClN3O2/c1-9-11(14)16-13(10-3-4-10)17-12(9)15-5-6-19-8-7-18-2/h10H,3-8H2,1-2H3,(H,15,16,17). The quantitative estimate of drug-likeness (QED) is 0.587. The molecule has 0 aliphatic heterocycles. The van der Waals surface area contributed by atoms with E-state index in [1.807, 2.05) is 6.92 Å². The Bertz CT molecular complexity index is 425. The van der Waals surface area contributed by atoms with Crippen LogP contribution in [0.5, 0.6) is 0 Å². The Hall–Kier alpha value is -0.910. The van der Waals surface area contributed by atoms with Crippen molar-refractivity contribution < 1.29 is 9.47 Å². The van der Waals surface area contributed by atoms with E-state index in [0.717, 1.165) is 17.2 Å². The number of hydrogen-bond acceptors (Lipinski definition) is 5. The molecule has 106 valence electrons. The molecule has 1 aromatic rings. The summed E-state index contributed by atoms with van der Waals surface area (Å²) in [7, 11) is 1.66. The third-order valence-corrected chi connectivity index (χ3v) is 3.38. The van der Waals surface area contributed by atoms with Crippen molar-refractivity contribution >= 4 is 17.4 Å². The lowest BCUT2D eigenvalue weighted by molar-refractivity contribution is 0.0759. The normalized spacial score (nSPS) is 14.7. The van der Waals surface area contributed by atoms with Crippen LogP contribution in [0.4, 0.5) is 5.82 Å². The molecule has 0 unspecified atom stereocenters. The van der Waals surface area contributed by atoms with Crippen molar-refractivity contribution in [3.05, 3.63) is 16.5 Å². The molecule has 0 amide bonds. The second kappa shape index (κ2) is 7.03. The average molecular weight is 286 g/mol. The molecule has 0 spiro atoms. The predicted octanol–water partition coefficient (Wildman–Crippen LogP) is 2.39. The summed E-state index contributed by atoms with van der Waals surface area (Å²) in [5.41, 5.74) is 0.892. The van der Waals surface area contributed by atoms with E-state index in [9.17, 15) is 0 Å². The van der Waals surface area contributed by atoms with Gasteiger partial charge in [-0.05, 0) is 19.8 Å². The van der Waals surface area contributed by atoms with Gasteiger partial charge in [-0.15, -0.1) is 0 Å². The Labute approximate surface area is 118 Å². The number of anilines is 1. The molecule has 0 aromatic carbocycles. The smallest absolute Gasteiger partial charge is 0.137 e. The molecule has 1 fully saturated rings.